The number of aryl methyl sites for hydroxylation is 1. The average molecular weight is 191 g/mol. The second kappa shape index (κ2) is 2.75. The van der Waals surface area contributed by atoms with Gasteiger partial charge in [0, 0.05) is 19.0 Å². The van der Waals surface area contributed by atoms with Gasteiger partial charge in [0.1, 0.15) is 5.82 Å². The van der Waals surface area contributed by atoms with Crippen molar-refractivity contribution in [3.05, 3.63) is 11.8 Å². The van der Waals surface area contributed by atoms with Crippen molar-refractivity contribution < 1.29 is 0 Å². The van der Waals surface area contributed by atoms with E-state index in [9.17, 15) is 0 Å². The van der Waals surface area contributed by atoms with Crippen LogP contribution >= 0.6 is 0 Å². The zero-order valence-electron chi connectivity index (χ0n) is 8.61. The first-order valence-electron chi connectivity index (χ1n) is 5.57. The lowest BCUT2D eigenvalue weighted by molar-refractivity contribution is 0.480. The fraction of sp³-hybridized carbons (Fsp3) is 0.727. The summed E-state index contributed by atoms with van der Waals surface area (Å²) in [5, 5.41) is 4.49. The summed E-state index contributed by atoms with van der Waals surface area (Å²) in [6.45, 7) is 0. The van der Waals surface area contributed by atoms with E-state index in [-0.39, 0.29) is 0 Å². The lowest BCUT2D eigenvalue weighted by Gasteiger charge is -2.04. The highest BCUT2D eigenvalue weighted by atomic mass is 15.3. The molecule has 0 amide bonds. The molecule has 3 rings (SSSR count). The molecule has 14 heavy (non-hydrogen) atoms. The zero-order chi connectivity index (χ0) is 9.71. The predicted octanol–water partition coefficient (Wildman–Crippen LogP) is 1.91. The second-order valence-corrected chi connectivity index (χ2v) is 4.76. The number of fused-ring (bicyclic) bond motifs is 1. The van der Waals surface area contributed by atoms with Crippen molar-refractivity contribution in [1.29, 1.82) is 0 Å². The number of nitrogens with two attached hydrogens (primary N) is 1. The minimum atomic E-state index is 0.737. The van der Waals surface area contributed by atoms with Crippen molar-refractivity contribution in [2.24, 2.45) is 18.9 Å². The first-order chi connectivity index (χ1) is 6.77. The van der Waals surface area contributed by atoms with Gasteiger partial charge in [-0.05, 0) is 24.7 Å². The van der Waals surface area contributed by atoms with Crippen molar-refractivity contribution in [3.8, 4) is 0 Å². The smallest absolute Gasteiger partial charge is 0.121 e. The molecular weight excluding hydrogens is 174 g/mol. The van der Waals surface area contributed by atoms with Gasteiger partial charge in [0.05, 0.1) is 5.69 Å². The Morgan fingerprint density at radius 2 is 2.00 bits per heavy atom. The third-order valence-corrected chi connectivity index (χ3v) is 3.93. The Bertz CT molecular complexity index is 324. The Morgan fingerprint density at radius 1 is 1.36 bits per heavy atom. The van der Waals surface area contributed by atoms with Crippen LogP contribution in [0.3, 0.4) is 0 Å². The van der Waals surface area contributed by atoms with Gasteiger partial charge in [0.2, 0.25) is 0 Å². The number of hydrogen-bond acceptors (Lipinski definition) is 2. The maximum Gasteiger partial charge on any atom is 0.121 e. The molecule has 2 atom stereocenters. The lowest BCUT2D eigenvalue weighted by atomic mass is 10.0. The molecule has 2 unspecified atom stereocenters. The maximum atomic E-state index is 5.80. The number of nitrogen functional groups attached to an aromatic ring is 1. The van der Waals surface area contributed by atoms with Crippen LogP contribution in [0, 0.1) is 11.8 Å². The van der Waals surface area contributed by atoms with Crippen LogP contribution in [0.5, 0.6) is 0 Å². The van der Waals surface area contributed by atoms with E-state index in [1.165, 1.54) is 31.4 Å². The standard InChI is InChI=1S/C11H17N3/c1-14-10(12)6-9(13-14)11-7-4-2-3-5-8(7)11/h6-8,11H,2-5,12H2,1H3. The van der Waals surface area contributed by atoms with Crippen molar-refractivity contribution >= 4 is 5.82 Å². The fourth-order valence-electron chi connectivity index (χ4n) is 3.10. The monoisotopic (exact) mass is 191 g/mol. The van der Waals surface area contributed by atoms with E-state index in [1.807, 2.05) is 7.05 Å². The Kier molecular flexibility index (Phi) is 1.64. The van der Waals surface area contributed by atoms with Gasteiger partial charge in [0.25, 0.3) is 0 Å². The van der Waals surface area contributed by atoms with Crippen molar-refractivity contribution in [2.45, 2.75) is 31.6 Å². The maximum absolute atomic E-state index is 5.80. The molecule has 3 heteroatoms. The second-order valence-electron chi connectivity index (χ2n) is 4.76. The number of nitrogens with zero attached hydrogens (tertiary/aromatic N) is 2. The highest BCUT2D eigenvalue weighted by Gasteiger charge is 2.52. The third-order valence-electron chi connectivity index (χ3n) is 3.93. The van der Waals surface area contributed by atoms with Crippen LogP contribution in [0.2, 0.25) is 0 Å². The molecule has 0 spiro atoms. The van der Waals surface area contributed by atoms with Crippen molar-refractivity contribution in [2.75, 3.05) is 5.73 Å². The Labute approximate surface area is 84.3 Å². The summed E-state index contributed by atoms with van der Waals surface area (Å²) in [4.78, 5) is 0. The molecule has 0 saturated heterocycles. The molecule has 0 bridgehead atoms. The van der Waals surface area contributed by atoms with Gasteiger partial charge >= 0.3 is 0 Å². The van der Waals surface area contributed by atoms with Crippen LogP contribution in [-0.4, -0.2) is 9.78 Å². The quantitative estimate of drug-likeness (QED) is 0.736. The minimum absolute atomic E-state index is 0.737. The van der Waals surface area contributed by atoms with Crippen molar-refractivity contribution in [1.82, 2.24) is 9.78 Å². The molecule has 0 radical (unpaired) electrons. The minimum Gasteiger partial charge on any atom is -0.384 e. The third kappa shape index (κ3) is 1.08. The van der Waals surface area contributed by atoms with E-state index in [0.29, 0.717) is 0 Å². The fourth-order valence-corrected chi connectivity index (χ4v) is 3.10. The molecule has 0 aliphatic heterocycles. The van der Waals surface area contributed by atoms with Gasteiger partial charge in [-0.1, -0.05) is 12.8 Å². The highest BCUT2D eigenvalue weighted by Crippen LogP contribution is 2.60. The SMILES string of the molecule is Cn1nc(C2C3CCCCC32)cc1N. The van der Waals surface area contributed by atoms with Gasteiger partial charge in [-0.3, -0.25) is 4.68 Å². The Hall–Kier alpha value is -0.990. The largest absolute Gasteiger partial charge is 0.384 e. The van der Waals surface area contributed by atoms with Gasteiger partial charge in [-0.25, -0.2) is 0 Å². The summed E-state index contributed by atoms with van der Waals surface area (Å²) in [6, 6.07) is 2.06. The van der Waals surface area contributed by atoms with Gasteiger partial charge in [0.15, 0.2) is 0 Å². The van der Waals surface area contributed by atoms with Crippen LogP contribution < -0.4 is 5.73 Å². The van der Waals surface area contributed by atoms with E-state index < -0.39 is 0 Å². The summed E-state index contributed by atoms with van der Waals surface area (Å²) in [7, 11) is 1.92. The molecule has 76 valence electrons. The molecule has 2 saturated carbocycles. The summed E-state index contributed by atoms with van der Waals surface area (Å²) in [5.74, 6) is 3.39. The number of anilines is 1. The molecule has 2 aliphatic carbocycles. The van der Waals surface area contributed by atoms with Crippen LogP contribution in [0.1, 0.15) is 37.3 Å². The molecule has 1 aromatic rings. The van der Waals surface area contributed by atoms with Crippen LogP contribution in [0.4, 0.5) is 5.82 Å². The predicted molar refractivity (Wildman–Crippen MR) is 55.8 cm³/mol. The van der Waals surface area contributed by atoms with E-state index in [2.05, 4.69) is 11.2 Å². The first-order valence-corrected chi connectivity index (χ1v) is 5.57. The van der Waals surface area contributed by atoms with Gasteiger partial charge < -0.3 is 5.73 Å². The Balaban J connectivity index is 1.84. The molecule has 2 N–H and O–H groups in total. The summed E-state index contributed by atoms with van der Waals surface area (Å²) >= 11 is 0. The topological polar surface area (TPSA) is 43.8 Å². The normalized spacial score (nSPS) is 35.4. The number of aromatic nitrogens is 2. The van der Waals surface area contributed by atoms with Crippen LogP contribution in [-0.2, 0) is 7.05 Å². The van der Waals surface area contributed by atoms with Gasteiger partial charge in [-0.15, -0.1) is 0 Å². The van der Waals surface area contributed by atoms with Crippen LogP contribution in [0.25, 0.3) is 0 Å². The van der Waals surface area contributed by atoms with E-state index >= 15 is 0 Å². The molecule has 2 fully saturated rings. The highest BCUT2D eigenvalue weighted by molar-refractivity contribution is 5.35. The molecule has 1 heterocycles. The Morgan fingerprint density at radius 3 is 2.50 bits per heavy atom. The summed E-state index contributed by atoms with van der Waals surface area (Å²) in [6.07, 6.45) is 5.65. The summed E-state index contributed by atoms with van der Waals surface area (Å²) < 4.78 is 1.79. The number of rotatable bonds is 1. The summed E-state index contributed by atoms with van der Waals surface area (Å²) in [5.41, 5.74) is 7.03. The van der Waals surface area contributed by atoms with Crippen LogP contribution in [0.15, 0.2) is 6.07 Å². The van der Waals surface area contributed by atoms with Crippen molar-refractivity contribution in [3.63, 3.8) is 0 Å². The zero-order valence-corrected chi connectivity index (χ0v) is 8.61. The van der Waals surface area contributed by atoms with E-state index in [4.69, 9.17) is 5.73 Å². The van der Waals surface area contributed by atoms with Gasteiger partial charge in [-0.2, -0.15) is 5.10 Å². The average Bonchev–Trinajstić information content (AvgIpc) is 2.82. The van der Waals surface area contributed by atoms with E-state index in [1.54, 1.807) is 4.68 Å². The first kappa shape index (κ1) is 8.33. The lowest BCUT2D eigenvalue weighted by Crippen LogP contribution is -1.97. The molecule has 0 aromatic carbocycles. The number of hydrogen-bond donors (Lipinski definition) is 1. The molecular formula is C11H17N3. The molecule has 3 nitrogen and oxygen atoms in total. The van der Waals surface area contributed by atoms with E-state index in [0.717, 1.165) is 23.6 Å². The molecule has 2 aliphatic rings. The molecule has 1 aromatic heterocycles.